The van der Waals surface area contributed by atoms with E-state index in [0.29, 0.717) is 37.4 Å². The molecule has 0 aliphatic carbocycles. The lowest BCUT2D eigenvalue weighted by Crippen LogP contribution is -2.27. The number of nitrogen functional groups attached to an aromatic ring is 1. The number of carbonyl (C=O) groups excluding carboxylic acids is 1. The first-order valence-corrected chi connectivity index (χ1v) is 10.8. The number of thioether (sulfide) groups is 1. The van der Waals surface area contributed by atoms with Crippen LogP contribution < -0.4 is 15.4 Å². The summed E-state index contributed by atoms with van der Waals surface area (Å²) in [6.07, 6.45) is 0. The molecule has 0 bridgehead atoms. The molecule has 2 aromatic carbocycles. The molecule has 0 spiro atoms. The van der Waals surface area contributed by atoms with Gasteiger partial charge in [-0.15, -0.1) is 22.0 Å². The SMILES string of the molecule is Nc1ccc(C2SCC(=O)N2c2nnc(COc3ccc(Cl)cc3Cl)s2)cc1. The zero-order chi connectivity index (χ0) is 19.7. The molecule has 1 aliphatic rings. The highest BCUT2D eigenvalue weighted by Crippen LogP contribution is 2.42. The van der Waals surface area contributed by atoms with Gasteiger partial charge in [0.2, 0.25) is 11.0 Å². The molecule has 1 unspecified atom stereocenters. The van der Waals surface area contributed by atoms with Gasteiger partial charge in [-0.3, -0.25) is 9.69 Å². The number of benzene rings is 2. The van der Waals surface area contributed by atoms with Crippen molar-refractivity contribution in [3.63, 3.8) is 0 Å². The minimum Gasteiger partial charge on any atom is -0.485 e. The minimum absolute atomic E-state index is 0.00353. The molecule has 1 fully saturated rings. The van der Waals surface area contributed by atoms with Crippen LogP contribution in [0.4, 0.5) is 10.8 Å². The normalized spacial score (nSPS) is 16.6. The molecule has 6 nitrogen and oxygen atoms in total. The summed E-state index contributed by atoms with van der Waals surface area (Å²) in [6, 6.07) is 12.5. The number of anilines is 2. The van der Waals surface area contributed by atoms with Gasteiger partial charge in [0.05, 0.1) is 10.8 Å². The fourth-order valence-electron chi connectivity index (χ4n) is 2.67. The second-order valence-corrected chi connectivity index (χ2v) is 8.89. The molecule has 2 heterocycles. The molecule has 3 aromatic rings. The number of aromatic nitrogens is 2. The molecule has 4 rings (SSSR count). The molecule has 2 N–H and O–H groups in total. The summed E-state index contributed by atoms with van der Waals surface area (Å²) >= 11 is 14.9. The van der Waals surface area contributed by atoms with Crippen LogP contribution in [0.3, 0.4) is 0 Å². The van der Waals surface area contributed by atoms with Gasteiger partial charge < -0.3 is 10.5 Å². The Hall–Kier alpha value is -2.00. The smallest absolute Gasteiger partial charge is 0.240 e. The van der Waals surface area contributed by atoms with Crippen molar-refractivity contribution in [2.45, 2.75) is 12.0 Å². The summed E-state index contributed by atoms with van der Waals surface area (Å²) in [5.74, 6) is 0.896. The third kappa shape index (κ3) is 4.05. The van der Waals surface area contributed by atoms with Gasteiger partial charge in [-0.25, -0.2) is 0 Å². The largest absolute Gasteiger partial charge is 0.485 e. The first-order chi connectivity index (χ1) is 13.5. The highest BCUT2D eigenvalue weighted by Gasteiger charge is 2.36. The van der Waals surface area contributed by atoms with E-state index in [0.717, 1.165) is 5.56 Å². The number of carbonyl (C=O) groups is 1. The number of nitrogens with two attached hydrogens (primary N) is 1. The molecular formula is C18H14Cl2N4O2S2. The summed E-state index contributed by atoms with van der Waals surface area (Å²) in [5, 5.41) is 10.3. The summed E-state index contributed by atoms with van der Waals surface area (Å²) in [6.45, 7) is 0.195. The van der Waals surface area contributed by atoms with E-state index in [2.05, 4.69) is 10.2 Å². The minimum atomic E-state index is -0.152. The maximum absolute atomic E-state index is 12.4. The molecule has 1 aliphatic heterocycles. The van der Waals surface area contributed by atoms with Gasteiger partial charge in [0.1, 0.15) is 17.7 Å². The van der Waals surface area contributed by atoms with Crippen LogP contribution in [0.25, 0.3) is 0 Å². The van der Waals surface area contributed by atoms with E-state index in [9.17, 15) is 4.79 Å². The molecule has 144 valence electrons. The van der Waals surface area contributed by atoms with Crippen LogP contribution in [0.1, 0.15) is 15.9 Å². The van der Waals surface area contributed by atoms with Crippen molar-refractivity contribution < 1.29 is 9.53 Å². The first kappa shape index (κ1) is 19.3. The summed E-state index contributed by atoms with van der Waals surface area (Å²) in [4.78, 5) is 14.1. The maximum Gasteiger partial charge on any atom is 0.240 e. The fraction of sp³-hybridized carbons (Fsp3) is 0.167. The zero-order valence-corrected chi connectivity index (χ0v) is 17.5. The van der Waals surface area contributed by atoms with Crippen LogP contribution in [-0.2, 0) is 11.4 Å². The van der Waals surface area contributed by atoms with Gasteiger partial charge in [0.25, 0.3) is 0 Å². The van der Waals surface area contributed by atoms with Crippen molar-refractivity contribution in [2.75, 3.05) is 16.4 Å². The monoisotopic (exact) mass is 452 g/mol. The number of amides is 1. The van der Waals surface area contributed by atoms with Crippen LogP contribution in [0.15, 0.2) is 42.5 Å². The van der Waals surface area contributed by atoms with E-state index in [4.69, 9.17) is 33.7 Å². The quantitative estimate of drug-likeness (QED) is 0.560. The van der Waals surface area contributed by atoms with Crippen molar-refractivity contribution in [3.8, 4) is 5.75 Å². The second kappa shape index (κ2) is 8.16. The summed E-state index contributed by atoms with van der Waals surface area (Å²) in [5.41, 5.74) is 7.44. The van der Waals surface area contributed by atoms with Crippen LogP contribution in [0.5, 0.6) is 5.75 Å². The number of halogens is 2. The van der Waals surface area contributed by atoms with E-state index in [1.165, 1.54) is 11.3 Å². The van der Waals surface area contributed by atoms with E-state index in [-0.39, 0.29) is 17.9 Å². The first-order valence-electron chi connectivity index (χ1n) is 8.20. The molecule has 0 saturated carbocycles. The number of hydrogen-bond acceptors (Lipinski definition) is 7. The Bertz CT molecular complexity index is 1010. The van der Waals surface area contributed by atoms with Crippen molar-refractivity contribution in [1.29, 1.82) is 0 Å². The molecule has 1 aromatic heterocycles. The number of ether oxygens (including phenoxy) is 1. The zero-order valence-electron chi connectivity index (χ0n) is 14.3. The van der Waals surface area contributed by atoms with Crippen molar-refractivity contribution >= 4 is 63.0 Å². The van der Waals surface area contributed by atoms with Crippen LogP contribution in [0, 0.1) is 0 Å². The Balaban J connectivity index is 1.50. The van der Waals surface area contributed by atoms with Crippen LogP contribution in [-0.4, -0.2) is 21.9 Å². The van der Waals surface area contributed by atoms with Crippen molar-refractivity contribution in [3.05, 3.63) is 63.1 Å². The standard InChI is InChI=1S/C18H14Cl2N4O2S2/c19-11-3-6-14(13(20)7-11)26-8-15-22-23-18(28-15)24-16(25)9-27-17(24)10-1-4-12(21)5-2-10/h1-7,17H,8-9,21H2. The van der Waals surface area contributed by atoms with Crippen molar-refractivity contribution in [2.24, 2.45) is 0 Å². The Morgan fingerprint density at radius 3 is 2.71 bits per heavy atom. The van der Waals surface area contributed by atoms with Gasteiger partial charge in [-0.05, 0) is 35.9 Å². The molecule has 1 atom stereocenters. The predicted octanol–water partition coefficient (Wildman–Crippen LogP) is 4.78. The van der Waals surface area contributed by atoms with E-state index in [1.807, 2.05) is 24.3 Å². The Kier molecular flexibility index (Phi) is 5.63. The Morgan fingerprint density at radius 2 is 1.96 bits per heavy atom. The van der Waals surface area contributed by atoms with Gasteiger partial charge in [-0.1, -0.05) is 46.7 Å². The van der Waals surface area contributed by atoms with Crippen molar-refractivity contribution in [1.82, 2.24) is 10.2 Å². The summed E-state index contributed by atoms with van der Waals surface area (Å²) in [7, 11) is 0. The van der Waals surface area contributed by atoms with Gasteiger partial charge in [-0.2, -0.15) is 0 Å². The predicted molar refractivity (Wildman–Crippen MR) is 114 cm³/mol. The molecule has 0 radical (unpaired) electrons. The molecule has 1 saturated heterocycles. The van der Waals surface area contributed by atoms with E-state index in [1.54, 1.807) is 34.9 Å². The Morgan fingerprint density at radius 1 is 1.18 bits per heavy atom. The molecule has 1 amide bonds. The van der Waals surface area contributed by atoms with E-state index < -0.39 is 0 Å². The highest BCUT2D eigenvalue weighted by atomic mass is 35.5. The van der Waals surface area contributed by atoms with Gasteiger partial charge >= 0.3 is 0 Å². The average molecular weight is 453 g/mol. The third-order valence-corrected chi connectivity index (χ3v) is 6.64. The van der Waals surface area contributed by atoms with Crippen LogP contribution in [0.2, 0.25) is 10.0 Å². The maximum atomic E-state index is 12.4. The molecular weight excluding hydrogens is 439 g/mol. The number of nitrogens with zero attached hydrogens (tertiary/aromatic N) is 3. The summed E-state index contributed by atoms with van der Waals surface area (Å²) < 4.78 is 5.70. The van der Waals surface area contributed by atoms with Gasteiger partial charge in [0, 0.05) is 10.7 Å². The number of rotatable bonds is 5. The molecule has 28 heavy (non-hydrogen) atoms. The van der Waals surface area contributed by atoms with Crippen LogP contribution >= 0.6 is 46.3 Å². The highest BCUT2D eigenvalue weighted by molar-refractivity contribution is 8.00. The van der Waals surface area contributed by atoms with Gasteiger partial charge in [0.15, 0.2) is 5.01 Å². The Labute approximate surface area is 179 Å². The van der Waals surface area contributed by atoms with E-state index >= 15 is 0 Å². The number of hydrogen-bond donors (Lipinski definition) is 1. The third-order valence-electron chi connectivity index (χ3n) is 4.00. The average Bonchev–Trinajstić information content (AvgIpc) is 3.28. The fourth-order valence-corrected chi connectivity index (χ4v) is 5.15. The second-order valence-electron chi connectivity index (χ2n) is 5.94. The lowest BCUT2D eigenvalue weighted by atomic mass is 10.2. The topological polar surface area (TPSA) is 81.3 Å². The molecule has 10 heteroatoms. The lowest BCUT2D eigenvalue weighted by Gasteiger charge is -2.21. The lowest BCUT2D eigenvalue weighted by molar-refractivity contribution is -0.115.